The summed E-state index contributed by atoms with van der Waals surface area (Å²) < 4.78 is 22.8. The van der Waals surface area contributed by atoms with Crippen molar-refractivity contribution in [1.29, 1.82) is 0 Å². The van der Waals surface area contributed by atoms with Crippen LogP contribution in [0.4, 0.5) is 0 Å². The fourth-order valence-electron chi connectivity index (χ4n) is 1.81. The Bertz CT molecular complexity index is 432. The molecule has 5 heteroatoms. The smallest absolute Gasteiger partial charge is 0.150 e. The highest BCUT2D eigenvalue weighted by molar-refractivity contribution is 7.91. The van der Waals surface area contributed by atoms with Crippen molar-refractivity contribution < 1.29 is 8.42 Å². The molecule has 0 fully saturated rings. The minimum Gasteiger partial charge on any atom is -0.317 e. The lowest BCUT2D eigenvalue weighted by Crippen LogP contribution is -2.28. The summed E-state index contributed by atoms with van der Waals surface area (Å²) in [6, 6.07) is 6.14. The van der Waals surface area contributed by atoms with Gasteiger partial charge in [0.05, 0.1) is 5.75 Å². The molecule has 0 radical (unpaired) electrons. The fourth-order valence-corrected chi connectivity index (χ4v) is 2.71. The van der Waals surface area contributed by atoms with Crippen LogP contribution in [-0.4, -0.2) is 38.0 Å². The van der Waals surface area contributed by atoms with Crippen molar-refractivity contribution in [2.75, 3.05) is 18.6 Å². The molecule has 0 bridgehead atoms. The molecule has 1 N–H and O–H groups in total. The highest BCUT2D eigenvalue weighted by Crippen LogP contribution is 2.06. The fraction of sp³-hybridized carbons (Fsp3) is 0.615. The zero-order valence-corrected chi connectivity index (χ0v) is 11.9. The van der Waals surface area contributed by atoms with Crippen LogP contribution in [0.1, 0.15) is 25.5 Å². The molecule has 0 amide bonds. The Morgan fingerprint density at radius 1 is 1.39 bits per heavy atom. The molecule has 1 aromatic heterocycles. The average Bonchev–Trinajstić information content (AvgIpc) is 2.38. The number of aromatic nitrogens is 1. The zero-order chi connectivity index (χ0) is 13.4. The Kier molecular flexibility index (Phi) is 6.29. The van der Waals surface area contributed by atoms with E-state index in [0.29, 0.717) is 6.42 Å². The van der Waals surface area contributed by atoms with Crippen molar-refractivity contribution in [1.82, 2.24) is 10.3 Å². The number of hydrogen-bond donors (Lipinski definition) is 1. The van der Waals surface area contributed by atoms with Gasteiger partial charge in [0.1, 0.15) is 9.84 Å². The quantitative estimate of drug-likeness (QED) is 0.776. The SMILES string of the molecule is CCS(=O)(=O)CCCC(Cc1ccccn1)NC. The first-order chi connectivity index (χ1) is 8.57. The first kappa shape index (κ1) is 15.1. The number of nitrogens with zero attached hydrogens (tertiary/aromatic N) is 1. The summed E-state index contributed by atoms with van der Waals surface area (Å²) in [5.74, 6) is 0.515. The number of nitrogens with one attached hydrogen (secondary N) is 1. The van der Waals surface area contributed by atoms with Crippen molar-refractivity contribution in [3.05, 3.63) is 30.1 Å². The monoisotopic (exact) mass is 270 g/mol. The van der Waals surface area contributed by atoms with Gasteiger partial charge in [-0.25, -0.2) is 8.42 Å². The molecule has 0 saturated carbocycles. The largest absolute Gasteiger partial charge is 0.317 e. The number of sulfone groups is 1. The predicted octanol–water partition coefficient (Wildman–Crippen LogP) is 1.43. The molecular weight excluding hydrogens is 248 g/mol. The number of pyridine rings is 1. The molecule has 0 saturated heterocycles. The van der Waals surface area contributed by atoms with Crippen LogP contribution in [-0.2, 0) is 16.3 Å². The van der Waals surface area contributed by atoms with Gasteiger partial charge in [-0.2, -0.15) is 0 Å². The van der Waals surface area contributed by atoms with E-state index in [1.165, 1.54) is 0 Å². The van der Waals surface area contributed by atoms with Gasteiger partial charge >= 0.3 is 0 Å². The average molecular weight is 270 g/mol. The van der Waals surface area contributed by atoms with Crippen LogP contribution in [0.25, 0.3) is 0 Å². The minimum atomic E-state index is -2.84. The molecular formula is C13H22N2O2S. The van der Waals surface area contributed by atoms with Gasteiger partial charge in [0.2, 0.25) is 0 Å². The van der Waals surface area contributed by atoms with E-state index in [0.717, 1.165) is 18.5 Å². The maximum atomic E-state index is 11.4. The topological polar surface area (TPSA) is 59.1 Å². The van der Waals surface area contributed by atoms with Gasteiger partial charge in [-0.1, -0.05) is 13.0 Å². The van der Waals surface area contributed by atoms with E-state index >= 15 is 0 Å². The second-order valence-corrected chi connectivity index (χ2v) is 6.86. The van der Waals surface area contributed by atoms with Crippen LogP contribution in [0.5, 0.6) is 0 Å². The lowest BCUT2D eigenvalue weighted by molar-refractivity contribution is 0.506. The highest BCUT2D eigenvalue weighted by atomic mass is 32.2. The lowest BCUT2D eigenvalue weighted by Gasteiger charge is -2.15. The Balaban J connectivity index is 2.39. The van der Waals surface area contributed by atoms with Crippen molar-refractivity contribution in [2.45, 2.75) is 32.2 Å². The summed E-state index contributed by atoms with van der Waals surface area (Å²) >= 11 is 0. The standard InChI is InChI=1S/C13H22N2O2S/c1-3-18(16,17)10-6-8-12(14-2)11-13-7-4-5-9-15-13/h4-5,7,9,12,14H,3,6,8,10-11H2,1-2H3. The van der Waals surface area contributed by atoms with Crippen molar-refractivity contribution in [2.24, 2.45) is 0 Å². The van der Waals surface area contributed by atoms with E-state index in [1.54, 1.807) is 13.1 Å². The highest BCUT2D eigenvalue weighted by Gasteiger charge is 2.11. The lowest BCUT2D eigenvalue weighted by atomic mass is 10.1. The van der Waals surface area contributed by atoms with Crippen molar-refractivity contribution in [3.8, 4) is 0 Å². The van der Waals surface area contributed by atoms with Gasteiger partial charge in [-0.15, -0.1) is 0 Å². The van der Waals surface area contributed by atoms with Crippen LogP contribution >= 0.6 is 0 Å². The normalized spacial score (nSPS) is 13.4. The molecule has 1 heterocycles. The number of likely N-dealkylation sites (N-methyl/N-ethyl adjacent to an activating group) is 1. The van der Waals surface area contributed by atoms with Crippen LogP contribution in [0, 0.1) is 0 Å². The summed E-state index contributed by atoms with van der Waals surface area (Å²) in [6.45, 7) is 1.69. The molecule has 1 unspecified atom stereocenters. The van der Waals surface area contributed by atoms with E-state index in [2.05, 4.69) is 10.3 Å². The second-order valence-electron chi connectivity index (χ2n) is 4.39. The third kappa shape index (κ3) is 5.60. The number of rotatable bonds is 8. The second kappa shape index (κ2) is 7.48. The van der Waals surface area contributed by atoms with E-state index in [9.17, 15) is 8.42 Å². The van der Waals surface area contributed by atoms with Crippen LogP contribution in [0.2, 0.25) is 0 Å². The third-order valence-electron chi connectivity index (χ3n) is 3.04. The van der Waals surface area contributed by atoms with E-state index in [-0.39, 0.29) is 17.5 Å². The number of hydrogen-bond acceptors (Lipinski definition) is 4. The van der Waals surface area contributed by atoms with E-state index in [4.69, 9.17) is 0 Å². The van der Waals surface area contributed by atoms with Crippen LogP contribution in [0.3, 0.4) is 0 Å². The molecule has 0 aromatic carbocycles. The summed E-state index contributed by atoms with van der Waals surface area (Å²) in [5.41, 5.74) is 1.04. The first-order valence-electron chi connectivity index (χ1n) is 6.35. The van der Waals surface area contributed by atoms with Crippen molar-refractivity contribution >= 4 is 9.84 Å². The molecule has 0 aliphatic rings. The Morgan fingerprint density at radius 3 is 2.72 bits per heavy atom. The molecule has 4 nitrogen and oxygen atoms in total. The molecule has 0 spiro atoms. The summed E-state index contributed by atoms with van der Waals surface area (Å²) in [5, 5.41) is 3.22. The summed E-state index contributed by atoms with van der Waals surface area (Å²) in [4.78, 5) is 4.28. The molecule has 0 aliphatic heterocycles. The Hall–Kier alpha value is -0.940. The molecule has 1 aromatic rings. The van der Waals surface area contributed by atoms with Gasteiger partial charge in [0, 0.05) is 30.1 Å². The van der Waals surface area contributed by atoms with Crippen LogP contribution in [0.15, 0.2) is 24.4 Å². The maximum Gasteiger partial charge on any atom is 0.150 e. The summed E-state index contributed by atoms with van der Waals surface area (Å²) in [7, 11) is -0.935. The third-order valence-corrected chi connectivity index (χ3v) is 4.83. The predicted molar refractivity (Wildman–Crippen MR) is 74.4 cm³/mol. The Labute approximate surface area is 110 Å². The minimum absolute atomic E-state index is 0.234. The molecule has 1 atom stereocenters. The Morgan fingerprint density at radius 2 is 2.17 bits per heavy atom. The zero-order valence-electron chi connectivity index (χ0n) is 11.1. The van der Waals surface area contributed by atoms with Gasteiger partial charge in [0.25, 0.3) is 0 Å². The molecule has 102 valence electrons. The molecule has 0 aliphatic carbocycles. The maximum absolute atomic E-state index is 11.4. The van der Waals surface area contributed by atoms with Gasteiger partial charge < -0.3 is 5.32 Å². The summed E-state index contributed by atoms with van der Waals surface area (Å²) in [6.07, 6.45) is 4.17. The van der Waals surface area contributed by atoms with Gasteiger partial charge in [-0.3, -0.25) is 4.98 Å². The van der Waals surface area contributed by atoms with Crippen LogP contribution < -0.4 is 5.32 Å². The van der Waals surface area contributed by atoms with Gasteiger partial charge in [-0.05, 0) is 32.0 Å². The first-order valence-corrected chi connectivity index (χ1v) is 8.17. The van der Waals surface area contributed by atoms with E-state index < -0.39 is 9.84 Å². The van der Waals surface area contributed by atoms with Gasteiger partial charge in [0.15, 0.2) is 0 Å². The van der Waals surface area contributed by atoms with E-state index in [1.807, 2.05) is 25.2 Å². The molecule has 18 heavy (non-hydrogen) atoms. The molecule has 1 rings (SSSR count). The van der Waals surface area contributed by atoms with Crippen molar-refractivity contribution in [3.63, 3.8) is 0 Å².